The highest BCUT2D eigenvalue weighted by Crippen LogP contribution is 2.53. The van der Waals surface area contributed by atoms with Crippen molar-refractivity contribution in [2.75, 3.05) is 6.61 Å². The van der Waals surface area contributed by atoms with E-state index >= 15 is 0 Å². The number of aryl methyl sites for hydroxylation is 1. The third kappa shape index (κ3) is 4.19. The number of carbonyl (C=O) groups is 1. The van der Waals surface area contributed by atoms with Gasteiger partial charge in [0.15, 0.2) is 11.7 Å². The smallest absolute Gasteiger partial charge is 0.264 e. The summed E-state index contributed by atoms with van der Waals surface area (Å²) >= 11 is 5.45. The molecule has 5 heteroatoms. The van der Waals surface area contributed by atoms with Gasteiger partial charge in [-0.1, -0.05) is 26.0 Å². The summed E-state index contributed by atoms with van der Waals surface area (Å²) in [7, 11) is 0. The van der Waals surface area contributed by atoms with Gasteiger partial charge in [0.2, 0.25) is 0 Å². The number of ether oxygens (including phenoxy) is 1. The second-order valence-electron chi connectivity index (χ2n) is 9.46. The van der Waals surface area contributed by atoms with Crippen molar-refractivity contribution in [3.63, 3.8) is 0 Å². The van der Waals surface area contributed by atoms with Crippen molar-refractivity contribution < 1.29 is 9.53 Å². The number of nitrogens with one attached hydrogen (secondary N) is 2. The van der Waals surface area contributed by atoms with E-state index in [1.807, 2.05) is 13.0 Å². The molecule has 2 N–H and O–H groups in total. The van der Waals surface area contributed by atoms with Crippen molar-refractivity contribution in [1.82, 2.24) is 10.6 Å². The molecule has 4 fully saturated rings. The van der Waals surface area contributed by atoms with Crippen molar-refractivity contribution in [2.24, 2.45) is 23.7 Å². The van der Waals surface area contributed by atoms with Crippen molar-refractivity contribution in [1.29, 1.82) is 0 Å². The average Bonchev–Trinajstić information content (AvgIpc) is 2.62. The van der Waals surface area contributed by atoms with Crippen LogP contribution in [-0.2, 0) is 4.79 Å². The Morgan fingerprint density at radius 1 is 1.14 bits per heavy atom. The van der Waals surface area contributed by atoms with Gasteiger partial charge in [0.25, 0.3) is 5.91 Å². The van der Waals surface area contributed by atoms with Crippen LogP contribution in [0.5, 0.6) is 5.75 Å². The van der Waals surface area contributed by atoms with Gasteiger partial charge in [-0.05, 0) is 98.0 Å². The second-order valence-corrected chi connectivity index (χ2v) is 9.87. The molecule has 5 rings (SSSR count). The molecular weight excluding hydrogens is 368 g/mol. The van der Waals surface area contributed by atoms with Gasteiger partial charge in [0.05, 0.1) is 0 Å². The van der Waals surface area contributed by atoms with E-state index in [0.717, 1.165) is 40.5 Å². The monoisotopic (exact) mass is 400 g/mol. The Morgan fingerprint density at radius 2 is 1.79 bits per heavy atom. The first-order chi connectivity index (χ1) is 13.4. The number of rotatable bonds is 5. The standard InChI is InChI=1S/C23H32N2O2S/c1-13(2)19-5-4-14(3)6-20(19)27-12-21(26)24-23(28)25-22-17-8-15-7-16(10-17)11-18(22)9-15/h4-6,13,15-18,22H,7-12H2,1-3H3,(H2,24,25,26,28). The molecule has 0 saturated heterocycles. The minimum absolute atomic E-state index is 0.0212. The fourth-order valence-corrected chi connectivity index (χ4v) is 6.15. The van der Waals surface area contributed by atoms with Crippen molar-refractivity contribution in [3.05, 3.63) is 29.3 Å². The molecule has 0 aromatic heterocycles. The molecule has 152 valence electrons. The molecule has 1 amide bonds. The van der Waals surface area contributed by atoms with Crippen LogP contribution in [0.25, 0.3) is 0 Å². The van der Waals surface area contributed by atoms with Gasteiger partial charge >= 0.3 is 0 Å². The quantitative estimate of drug-likeness (QED) is 0.723. The number of benzene rings is 1. The fourth-order valence-electron chi connectivity index (χ4n) is 5.90. The van der Waals surface area contributed by atoms with Crippen LogP contribution >= 0.6 is 12.2 Å². The molecule has 0 radical (unpaired) electrons. The lowest BCUT2D eigenvalue weighted by atomic mass is 9.54. The first-order valence-electron chi connectivity index (χ1n) is 10.7. The Morgan fingerprint density at radius 3 is 2.39 bits per heavy atom. The zero-order valence-corrected chi connectivity index (χ0v) is 18.0. The Balaban J connectivity index is 1.29. The van der Waals surface area contributed by atoms with E-state index in [-0.39, 0.29) is 12.5 Å². The number of carbonyl (C=O) groups excluding carboxylic acids is 1. The zero-order valence-electron chi connectivity index (χ0n) is 17.2. The maximum absolute atomic E-state index is 12.4. The highest BCUT2D eigenvalue weighted by molar-refractivity contribution is 7.80. The molecule has 1 aromatic rings. The first-order valence-corrected chi connectivity index (χ1v) is 11.1. The largest absolute Gasteiger partial charge is 0.483 e. The summed E-state index contributed by atoms with van der Waals surface area (Å²) in [6.07, 6.45) is 6.76. The molecule has 28 heavy (non-hydrogen) atoms. The first kappa shape index (κ1) is 19.7. The topological polar surface area (TPSA) is 50.4 Å². The van der Waals surface area contributed by atoms with Crippen molar-refractivity contribution in [3.8, 4) is 5.75 Å². The lowest BCUT2D eigenvalue weighted by Gasteiger charge is -2.54. The lowest BCUT2D eigenvalue weighted by molar-refractivity contribution is -0.121. The third-order valence-corrected chi connectivity index (χ3v) is 7.15. The highest BCUT2D eigenvalue weighted by Gasteiger charge is 2.48. The summed E-state index contributed by atoms with van der Waals surface area (Å²) in [6.45, 7) is 6.26. The van der Waals surface area contributed by atoms with Crippen LogP contribution in [0.15, 0.2) is 18.2 Å². The maximum Gasteiger partial charge on any atom is 0.264 e. The van der Waals surface area contributed by atoms with E-state index in [4.69, 9.17) is 17.0 Å². The van der Waals surface area contributed by atoms with Crippen molar-refractivity contribution >= 4 is 23.2 Å². The van der Waals surface area contributed by atoms with Gasteiger partial charge in [-0.25, -0.2) is 0 Å². The lowest BCUT2D eigenvalue weighted by Crippen LogP contribution is -2.58. The molecule has 0 heterocycles. The number of thiocarbonyl (C=S) groups is 1. The third-order valence-electron chi connectivity index (χ3n) is 6.93. The predicted molar refractivity (Wildman–Crippen MR) is 115 cm³/mol. The van der Waals surface area contributed by atoms with Gasteiger partial charge in [-0.3, -0.25) is 4.79 Å². The molecular formula is C23H32N2O2S. The number of hydrogen-bond acceptors (Lipinski definition) is 3. The summed E-state index contributed by atoms with van der Waals surface area (Å²) in [4.78, 5) is 12.4. The van der Waals surface area contributed by atoms with Gasteiger partial charge in [0, 0.05) is 6.04 Å². The molecule has 4 saturated carbocycles. The van der Waals surface area contributed by atoms with E-state index < -0.39 is 0 Å². The summed E-state index contributed by atoms with van der Waals surface area (Å²) in [6, 6.07) is 6.58. The molecule has 0 aliphatic heterocycles. The van der Waals surface area contributed by atoms with Crippen LogP contribution in [0, 0.1) is 30.6 Å². The van der Waals surface area contributed by atoms with E-state index in [1.54, 1.807) is 0 Å². The Bertz CT molecular complexity index is 733. The molecule has 0 spiro atoms. The molecule has 4 aliphatic rings. The normalized spacial score (nSPS) is 30.4. The van der Waals surface area contributed by atoms with Crippen LogP contribution in [0.2, 0.25) is 0 Å². The van der Waals surface area contributed by atoms with Crippen LogP contribution in [0.3, 0.4) is 0 Å². The average molecular weight is 401 g/mol. The van der Waals surface area contributed by atoms with Gasteiger partial charge in [-0.15, -0.1) is 0 Å². The zero-order chi connectivity index (χ0) is 19.8. The van der Waals surface area contributed by atoms with Crippen LogP contribution < -0.4 is 15.4 Å². The number of hydrogen-bond donors (Lipinski definition) is 2. The van der Waals surface area contributed by atoms with Gasteiger partial charge < -0.3 is 15.4 Å². The van der Waals surface area contributed by atoms with Crippen LogP contribution in [-0.4, -0.2) is 23.7 Å². The van der Waals surface area contributed by atoms with Crippen LogP contribution in [0.4, 0.5) is 0 Å². The Kier molecular flexibility index (Phi) is 5.64. The van der Waals surface area contributed by atoms with Crippen LogP contribution in [0.1, 0.15) is 63.0 Å². The molecule has 0 unspecified atom stereocenters. The summed E-state index contributed by atoms with van der Waals surface area (Å²) in [5, 5.41) is 6.76. The SMILES string of the molecule is Cc1ccc(C(C)C)c(OCC(=O)NC(=S)NC2C3CC4CC(C3)CC2C4)c1. The minimum atomic E-state index is -0.197. The summed E-state index contributed by atoms with van der Waals surface area (Å²) in [5.74, 6) is 4.25. The highest BCUT2D eigenvalue weighted by atomic mass is 32.1. The van der Waals surface area contributed by atoms with E-state index in [0.29, 0.717) is 17.1 Å². The van der Waals surface area contributed by atoms with E-state index in [9.17, 15) is 4.79 Å². The Labute approximate surface area is 173 Å². The summed E-state index contributed by atoms with van der Waals surface area (Å²) < 4.78 is 5.83. The van der Waals surface area contributed by atoms with E-state index in [1.165, 1.54) is 32.1 Å². The number of amides is 1. The minimum Gasteiger partial charge on any atom is -0.483 e. The molecule has 0 atom stereocenters. The van der Waals surface area contributed by atoms with Crippen molar-refractivity contribution in [2.45, 2.75) is 64.8 Å². The fraction of sp³-hybridized carbons (Fsp3) is 0.652. The Hall–Kier alpha value is -1.62. The summed E-state index contributed by atoms with van der Waals surface area (Å²) in [5.41, 5.74) is 2.24. The predicted octanol–water partition coefficient (Wildman–Crippen LogP) is 4.31. The molecule has 4 bridgehead atoms. The molecule has 1 aromatic carbocycles. The van der Waals surface area contributed by atoms with Gasteiger partial charge in [0.1, 0.15) is 5.75 Å². The maximum atomic E-state index is 12.4. The molecule has 4 aliphatic carbocycles. The van der Waals surface area contributed by atoms with E-state index in [2.05, 4.69) is 36.6 Å². The molecule has 4 nitrogen and oxygen atoms in total. The second kappa shape index (κ2) is 8.02. The van der Waals surface area contributed by atoms with Gasteiger partial charge in [-0.2, -0.15) is 0 Å².